The lowest BCUT2D eigenvalue weighted by molar-refractivity contribution is -0.384. The predicted octanol–water partition coefficient (Wildman–Crippen LogP) is 3.12. The molecule has 1 aromatic carbocycles. The van der Waals surface area contributed by atoms with Gasteiger partial charge in [0, 0.05) is 12.3 Å². The lowest BCUT2D eigenvalue weighted by Gasteiger charge is -2.11. The normalized spacial score (nSPS) is 10.3. The Kier molecular flexibility index (Phi) is 6.29. The number of esters is 1. The Morgan fingerprint density at radius 1 is 1.31 bits per heavy atom. The lowest BCUT2D eigenvalue weighted by atomic mass is 10.1. The summed E-state index contributed by atoms with van der Waals surface area (Å²) in [5.74, 6) is -1.35. The fourth-order valence-electron chi connectivity index (χ4n) is 2.20. The van der Waals surface area contributed by atoms with E-state index >= 15 is 0 Å². The molecule has 0 radical (unpaired) electrons. The summed E-state index contributed by atoms with van der Waals surface area (Å²) in [5, 5.41) is 14.1. The summed E-state index contributed by atoms with van der Waals surface area (Å²) in [5.41, 5.74) is 1.51. The lowest BCUT2D eigenvalue weighted by Crippen LogP contribution is -2.22. The van der Waals surface area contributed by atoms with Gasteiger partial charge in [0.25, 0.3) is 11.6 Å². The number of amides is 1. The first-order valence-corrected chi connectivity index (χ1v) is 8.78. The van der Waals surface area contributed by atoms with Crippen LogP contribution in [-0.4, -0.2) is 34.6 Å². The number of nitro groups is 1. The molecule has 26 heavy (non-hydrogen) atoms. The molecule has 0 atom stereocenters. The smallest absolute Gasteiger partial charge is 0.341 e. The van der Waals surface area contributed by atoms with Gasteiger partial charge in [-0.05, 0) is 43.4 Å². The second kappa shape index (κ2) is 8.43. The van der Waals surface area contributed by atoms with Crippen LogP contribution < -0.4 is 5.32 Å². The van der Waals surface area contributed by atoms with Crippen molar-refractivity contribution in [3.05, 3.63) is 57.3 Å². The van der Waals surface area contributed by atoms with Crippen molar-refractivity contribution in [3.63, 3.8) is 0 Å². The first kappa shape index (κ1) is 19.4. The third kappa shape index (κ3) is 4.37. The molecule has 9 heteroatoms. The molecule has 0 aliphatic heterocycles. The van der Waals surface area contributed by atoms with E-state index in [1.54, 1.807) is 44.5 Å². The van der Waals surface area contributed by atoms with Crippen LogP contribution in [0.2, 0.25) is 0 Å². The topological polar surface area (TPSA) is 111 Å². The number of pyridine rings is 1. The number of hydrogen-bond donors (Lipinski definition) is 1. The van der Waals surface area contributed by atoms with E-state index in [9.17, 15) is 19.7 Å². The molecular weight excluding hydrogens is 358 g/mol. The highest BCUT2D eigenvalue weighted by Gasteiger charge is 2.20. The van der Waals surface area contributed by atoms with Crippen molar-refractivity contribution in [2.24, 2.45) is 0 Å². The van der Waals surface area contributed by atoms with Crippen LogP contribution in [0.5, 0.6) is 0 Å². The number of nitro benzene ring substituents is 1. The Labute approximate surface area is 154 Å². The number of nitrogens with one attached hydrogen (secondary N) is 1. The summed E-state index contributed by atoms with van der Waals surface area (Å²) in [4.78, 5) is 38.8. The number of carbonyl (C=O) groups excluding carboxylic acids is 2. The summed E-state index contributed by atoms with van der Waals surface area (Å²) in [6.07, 6.45) is 3.32. The van der Waals surface area contributed by atoms with Crippen LogP contribution in [0.1, 0.15) is 21.5 Å². The molecule has 0 saturated heterocycles. The Bertz CT molecular complexity index is 869. The van der Waals surface area contributed by atoms with Gasteiger partial charge in [-0.25, -0.2) is 9.78 Å². The van der Waals surface area contributed by atoms with E-state index in [1.807, 2.05) is 0 Å². The van der Waals surface area contributed by atoms with Crippen LogP contribution in [0.3, 0.4) is 0 Å². The van der Waals surface area contributed by atoms with Crippen molar-refractivity contribution < 1.29 is 19.2 Å². The quantitative estimate of drug-likeness (QED) is 0.357. The first-order chi connectivity index (χ1) is 12.3. The number of aromatic nitrogens is 1. The number of rotatable bonds is 6. The number of thioether (sulfide) groups is 1. The average Bonchev–Trinajstić information content (AvgIpc) is 2.63. The highest BCUT2D eigenvalue weighted by molar-refractivity contribution is 7.98. The molecule has 0 spiro atoms. The summed E-state index contributed by atoms with van der Waals surface area (Å²) in [7, 11) is 0. The zero-order valence-corrected chi connectivity index (χ0v) is 15.3. The van der Waals surface area contributed by atoms with Crippen molar-refractivity contribution in [2.45, 2.75) is 18.9 Å². The van der Waals surface area contributed by atoms with E-state index in [2.05, 4.69) is 10.3 Å². The summed E-state index contributed by atoms with van der Waals surface area (Å²) in [6, 6.07) is 6.07. The molecule has 136 valence electrons. The van der Waals surface area contributed by atoms with E-state index < -0.39 is 23.4 Å². The molecule has 0 bridgehead atoms. The maximum Gasteiger partial charge on any atom is 0.341 e. The van der Waals surface area contributed by atoms with Crippen LogP contribution >= 0.6 is 11.8 Å². The van der Waals surface area contributed by atoms with Crippen LogP contribution in [0.25, 0.3) is 0 Å². The molecule has 2 aromatic rings. The van der Waals surface area contributed by atoms with Gasteiger partial charge in [-0.15, -0.1) is 11.8 Å². The van der Waals surface area contributed by atoms with Crippen molar-refractivity contribution in [1.82, 2.24) is 4.98 Å². The molecule has 2 rings (SSSR count). The molecule has 1 N–H and O–H groups in total. The standard InChI is InChI=1S/C17H17N3O5S/c1-10-6-7-13(20(23)24)15(11(10)2)19-14(21)9-25-17(22)12-5-4-8-18-16(12)26-3/h4-8H,9H2,1-3H3,(H,19,21). The largest absolute Gasteiger partial charge is 0.452 e. The van der Waals surface area contributed by atoms with Gasteiger partial charge in [-0.3, -0.25) is 14.9 Å². The van der Waals surface area contributed by atoms with Gasteiger partial charge in [0.05, 0.1) is 10.5 Å². The van der Waals surface area contributed by atoms with E-state index in [-0.39, 0.29) is 16.9 Å². The van der Waals surface area contributed by atoms with Gasteiger partial charge in [-0.2, -0.15) is 0 Å². The molecular formula is C17H17N3O5S. The second-order valence-corrected chi connectivity index (χ2v) is 6.14. The number of carbonyl (C=O) groups is 2. The molecule has 0 saturated carbocycles. The zero-order valence-electron chi connectivity index (χ0n) is 14.4. The number of nitrogens with zero attached hydrogens (tertiary/aromatic N) is 2. The van der Waals surface area contributed by atoms with Gasteiger partial charge in [0.1, 0.15) is 10.7 Å². The molecule has 0 unspecified atom stereocenters. The fraction of sp³-hybridized carbons (Fsp3) is 0.235. The molecule has 0 fully saturated rings. The second-order valence-electron chi connectivity index (χ2n) is 5.34. The van der Waals surface area contributed by atoms with E-state index in [1.165, 1.54) is 17.8 Å². The van der Waals surface area contributed by atoms with Crippen molar-refractivity contribution in [3.8, 4) is 0 Å². The van der Waals surface area contributed by atoms with Crippen LogP contribution in [0.15, 0.2) is 35.5 Å². The Morgan fingerprint density at radius 2 is 2.04 bits per heavy atom. The van der Waals surface area contributed by atoms with Crippen LogP contribution in [-0.2, 0) is 9.53 Å². The minimum absolute atomic E-state index is 0.0993. The number of benzene rings is 1. The van der Waals surface area contributed by atoms with Gasteiger partial charge >= 0.3 is 5.97 Å². The highest BCUT2D eigenvalue weighted by atomic mass is 32.2. The predicted molar refractivity (Wildman–Crippen MR) is 97.5 cm³/mol. The Balaban J connectivity index is 2.09. The van der Waals surface area contributed by atoms with Crippen molar-refractivity contribution in [1.29, 1.82) is 0 Å². The number of ether oxygens (including phenoxy) is 1. The van der Waals surface area contributed by atoms with Gasteiger partial charge in [0.2, 0.25) is 0 Å². The van der Waals surface area contributed by atoms with E-state index in [0.717, 1.165) is 5.56 Å². The van der Waals surface area contributed by atoms with Crippen molar-refractivity contribution in [2.75, 3.05) is 18.2 Å². The van der Waals surface area contributed by atoms with Crippen LogP contribution in [0.4, 0.5) is 11.4 Å². The van der Waals surface area contributed by atoms with E-state index in [4.69, 9.17) is 4.74 Å². The van der Waals surface area contributed by atoms with Crippen LogP contribution in [0, 0.1) is 24.0 Å². The maximum atomic E-state index is 12.1. The average molecular weight is 375 g/mol. The SMILES string of the molecule is CSc1ncccc1C(=O)OCC(=O)Nc1c([N+](=O)[O-])ccc(C)c1C. The Hall–Kier alpha value is -2.94. The maximum absolute atomic E-state index is 12.1. The number of hydrogen-bond acceptors (Lipinski definition) is 7. The molecule has 1 heterocycles. The van der Waals surface area contributed by atoms with Gasteiger partial charge < -0.3 is 10.1 Å². The number of anilines is 1. The molecule has 0 aliphatic carbocycles. The summed E-state index contributed by atoms with van der Waals surface area (Å²) in [6.45, 7) is 2.89. The monoisotopic (exact) mass is 375 g/mol. The number of aryl methyl sites for hydroxylation is 1. The zero-order chi connectivity index (χ0) is 19.3. The first-order valence-electron chi connectivity index (χ1n) is 7.55. The van der Waals surface area contributed by atoms with Crippen molar-refractivity contribution >= 4 is 35.0 Å². The third-order valence-electron chi connectivity index (χ3n) is 3.69. The fourth-order valence-corrected chi connectivity index (χ4v) is 2.74. The highest BCUT2D eigenvalue weighted by Crippen LogP contribution is 2.30. The summed E-state index contributed by atoms with van der Waals surface area (Å²) >= 11 is 1.28. The minimum Gasteiger partial charge on any atom is -0.452 e. The third-order valence-corrected chi connectivity index (χ3v) is 4.41. The minimum atomic E-state index is -0.687. The Morgan fingerprint density at radius 3 is 2.69 bits per heavy atom. The molecule has 1 amide bonds. The van der Waals surface area contributed by atoms with Gasteiger partial charge in [-0.1, -0.05) is 6.07 Å². The molecule has 1 aromatic heterocycles. The van der Waals surface area contributed by atoms with Gasteiger partial charge in [0.15, 0.2) is 6.61 Å². The van der Waals surface area contributed by atoms with E-state index in [0.29, 0.717) is 10.6 Å². The molecule has 8 nitrogen and oxygen atoms in total. The summed E-state index contributed by atoms with van der Waals surface area (Å²) < 4.78 is 5.00. The molecule has 0 aliphatic rings.